The minimum atomic E-state index is -3.55. The zero-order valence-electron chi connectivity index (χ0n) is 11.5. The van der Waals surface area contributed by atoms with E-state index in [0.717, 1.165) is 0 Å². The number of hydrogen-bond donors (Lipinski definition) is 1. The second kappa shape index (κ2) is 5.88. The molecule has 0 bridgehead atoms. The summed E-state index contributed by atoms with van der Waals surface area (Å²) in [5.41, 5.74) is 2.50. The van der Waals surface area contributed by atoms with Crippen molar-refractivity contribution in [1.82, 2.24) is 0 Å². The highest BCUT2D eigenvalue weighted by Gasteiger charge is 2.31. The summed E-state index contributed by atoms with van der Waals surface area (Å²) >= 11 is 0. The average Bonchev–Trinajstić information content (AvgIpc) is 2.35. The summed E-state index contributed by atoms with van der Waals surface area (Å²) < 4.78 is 30.2. The fraction of sp³-hybridized carbons (Fsp3) is 0.429. The lowest BCUT2D eigenvalue weighted by atomic mass is 9.99. The van der Waals surface area contributed by atoms with Crippen molar-refractivity contribution in [3.05, 3.63) is 35.6 Å². The van der Waals surface area contributed by atoms with Crippen LogP contribution >= 0.6 is 7.37 Å². The van der Waals surface area contributed by atoms with Crippen LogP contribution in [-0.4, -0.2) is 12.2 Å². The molecular weight excluding hydrogens is 266 g/mol. The largest absolute Gasteiger partial charge is 0.377 e. The Labute approximate surface area is 113 Å². The first-order valence-electron chi connectivity index (χ1n) is 5.81. The van der Waals surface area contributed by atoms with E-state index < -0.39 is 19.0 Å². The molecule has 5 heteroatoms. The van der Waals surface area contributed by atoms with Crippen molar-refractivity contribution in [2.45, 2.75) is 26.6 Å². The lowest BCUT2D eigenvalue weighted by Crippen LogP contribution is -2.03. The van der Waals surface area contributed by atoms with Crippen LogP contribution in [0.25, 0.3) is 0 Å². The van der Waals surface area contributed by atoms with Crippen molar-refractivity contribution in [1.29, 1.82) is 0 Å². The number of rotatable bonds is 3. The monoisotopic (exact) mass is 284 g/mol. The van der Waals surface area contributed by atoms with Gasteiger partial charge in [0.1, 0.15) is 5.82 Å². The van der Waals surface area contributed by atoms with E-state index in [4.69, 9.17) is 4.52 Å². The Kier molecular flexibility index (Phi) is 4.92. The van der Waals surface area contributed by atoms with Gasteiger partial charge < -0.3 is 9.63 Å². The number of benzene rings is 1. The van der Waals surface area contributed by atoms with E-state index in [1.54, 1.807) is 0 Å². The zero-order chi connectivity index (χ0) is 14.7. The molecule has 19 heavy (non-hydrogen) atoms. The minimum Gasteiger partial charge on any atom is -0.377 e. The van der Waals surface area contributed by atoms with Crippen LogP contribution in [0.1, 0.15) is 32.2 Å². The molecule has 0 amide bonds. The lowest BCUT2D eigenvalue weighted by molar-refractivity contribution is 0.229. The van der Waals surface area contributed by atoms with E-state index in [0.29, 0.717) is 5.56 Å². The van der Waals surface area contributed by atoms with Gasteiger partial charge in [-0.2, -0.15) is 0 Å². The van der Waals surface area contributed by atoms with Crippen LogP contribution < -0.4 is 0 Å². The number of hydrogen-bond acceptors (Lipinski definition) is 3. The zero-order valence-corrected chi connectivity index (χ0v) is 12.4. The molecule has 0 fully saturated rings. The van der Waals surface area contributed by atoms with Gasteiger partial charge in [0.05, 0.1) is 0 Å². The van der Waals surface area contributed by atoms with Gasteiger partial charge in [0.2, 0.25) is 0 Å². The molecule has 1 aromatic rings. The van der Waals surface area contributed by atoms with Crippen molar-refractivity contribution in [3.8, 4) is 11.6 Å². The van der Waals surface area contributed by atoms with E-state index >= 15 is 0 Å². The topological polar surface area (TPSA) is 46.5 Å². The van der Waals surface area contributed by atoms with E-state index in [-0.39, 0.29) is 5.41 Å². The van der Waals surface area contributed by atoms with E-state index in [1.165, 1.54) is 31.4 Å². The Balaban J connectivity index is 3.11. The van der Waals surface area contributed by atoms with Gasteiger partial charge in [-0.3, -0.25) is 4.57 Å². The molecule has 104 valence electrons. The highest BCUT2D eigenvalue weighted by Crippen LogP contribution is 2.57. The second-order valence-electron chi connectivity index (χ2n) is 5.19. The van der Waals surface area contributed by atoms with Crippen LogP contribution in [0.15, 0.2) is 24.3 Å². The van der Waals surface area contributed by atoms with E-state index in [2.05, 4.69) is 11.6 Å². The Morgan fingerprint density at radius 3 is 2.26 bits per heavy atom. The molecule has 0 unspecified atom stereocenters. The first-order valence-corrected chi connectivity index (χ1v) is 7.51. The van der Waals surface area contributed by atoms with Crippen molar-refractivity contribution in [3.63, 3.8) is 0 Å². The molecule has 3 nitrogen and oxygen atoms in total. The molecular formula is C14H18FO3P. The fourth-order valence-corrected chi connectivity index (χ4v) is 2.75. The molecule has 1 N–H and O–H groups in total. The van der Waals surface area contributed by atoms with Crippen LogP contribution in [0, 0.1) is 22.8 Å². The molecule has 0 aliphatic carbocycles. The van der Waals surface area contributed by atoms with Crippen LogP contribution in [0.2, 0.25) is 0 Å². The molecule has 0 aliphatic rings. The number of aliphatic hydroxyl groups is 1. The Hall–Kier alpha value is -1.14. The summed E-state index contributed by atoms with van der Waals surface area (Å²) in [5, 5.41) is 10.1. The van der Waals surface area contributed by atoms with Crippen molar-refractivity contribution >= 4 is 7.37 Å². The maximum atomic E-state index is 12.8. The summed E-state index contributed by atoms with van der Waals surface area (Å²) in [5.74, 6) is 0.995. The van der Waals surface area contributed by atoms with Crippen molar-refractivity contribution < 1.29 is 18.6 Å². The van der Waals surface area contributed by atoms with E-state index in [9.17, 15) is 14.1 Å². The Morgan fingerprint density at radius 1 is 1.32 bits per heavy atom. The van der Waals surface area contributed by atoms with Gasteiger partial charge in [0, 0.05) is 12.5 Å². The molecule has 0 saturated carbocycles. The highest BCUT2D eigenvalue weighted by atomic mass is 31.2. The maximum absolute atomic E-state index is 12.8. The average molecular weight is 284 g/mol. The third-order valence-electron chi connectivity index (χ3n) is 2.35. The van der Waals surface area contributed by atoms with Gasteiger partial charge in [-0.05, 0) is 44.1 Å². The minimum absolute atomic E-state index is 0.315. The van der Waals surface area contributed by atoms with Crippen LogP contribution in [0.4, 0.5) is 4.39 Å². The summed E-state index contributed by atoms with van der Waals surface area (Å²) in [4.78, 5) is 0. The summed E-state index contributed by atoms with van der Waals surface area (Å²) in [6.07, 6.45) is 0. The van der Waals surface area contributed by atoms with Gasteiger partial charge in [0.25, 0.3) is 0 Å². The first-order chi connectivity index (χ1) is 8.68. The summed E-state index contributed by atoms with van der Waals surface area (Å²) in [6.45, 7) is 5.60. The fourth-order valence-electron chi connectivity index (χ4n) is 1.28. The normalized spacial score (nSPS) is 16.1. The van der Waals surface area contributed by atoms with E-state index in [1.807, 2.05) is 20.8 Å². The highest BCUT2D eigenvalue weighted by molar-refractivity contribution is 7.64. The van der Waals surface area contributed by atoms with Crippen LogP contribution in [0.5, 0.6) is 0 Å². The third-order valence-corrected chi connectivity index (χ3v) is 4.26. The smallest absolute Gasteiger partial charge is 0.305 e. The standard InChI is InChI=1S/C14H18FO3P/c1-14(2,3)9-10-19(17,18-4)13(16)11-5-7-12(15)8-6-11/h5-8,13,16H,1-4H3/t13-,19-/m0/s1. The van der Waals surface area contributed by atoms with Gasteiger partial charge in [-0.25, -0.2) is 4.39 Å². The molecule has 0 radical (unpaired) electrons. The summed E-state index contributed by atoms with van der Waals surface area (Å²) in [6, 6.07) is 5.11. The molecule has 0 heterocycles. The molecule has 0 aliphatic heterocycles. The van der Waals surface area contributed by atoms with Crippen molar-refractivity contribution in [2.24, 2.45) is 5.41 Å². The van der Waals surface area contributed by atoms with Gasteiger partial charge in [0.15, 0.2) is 5.85 Å². The molecule has 1 rings (SSSR count). The van der Waals surface area contributed by atoms with Gasteiger partial charge >= 0.3 is 7.37 Å². The third kappa shape index (κ3) is 4.47. The SMILES string of the molecule is CO[P@@](=O)(C#CC(C)(C)C)[C@H](O)c1ccc(F)cc1. The molecule has 0 saturated heterocycles. The van der Waals surface area contributed by atoms with Crippen LogP contribution in [-0.2, 0) is 9.09 Å². The lowest BCUT2D eigenvalue weighted by Gasteiger charge is -2.18. The summed E-state index contributed by atoms with van der Waals surface area (Å²) in [7, 11) is -2.31. The number of halogens is 1. The predicted molar refractivity (Wildman–Crippen MR) is 73.2 cm³/mol. The second-order valence-corrected chi connectivity index (χ2v) is 7.46. The molecule has 0 spiro atoms. The van der Waals surface area contributed by atoms with Crippen LogP contribution in [0.3, 0.4) is 0 Å². The maximum Gasteiger partial charge on any atom is 0.305 e. The van der Waals surface area contributed by atoms with Crippen molar-refractivity contribution in [2.75, 3.05) is 7.11 Å². The Morgan fingerprint density at radius 2 is 1.84 bits per heavy atom. The predicted octanol–water partition coefficient (Wildman–Crippen LogP) is 3.75. The van der Waals surface area contributed by atoms with Gasteiger partial charge in [-0.15, -0.1) is 0 Å². The number of aliphatic hydroxyl groups excluding tert-OH is 1. The molecule has 1 aromatic carbocycles. The van der Waals surface area contributed by atoms with Gasteiger partial charge in [-0.1, -0.05) is 18.1 Å². The molecule has 2 atom stereocenters. The molecule has 0 aromatic heterocycles. The quantitative estimate of drug-likeness (QED) is 0.679. The Bertz CT molecular complexity index is 535. The first kappa shape index (κ1) is 15.9.